The molecular formula is C16H13FN2O2. The maximum absolute atomic E-state index is 13.9. The molecule has 0 spiro atoms. The minimum Gasteiger partial charge on any atom is -0.384 e. The monoisotopic (exact) mass is 284 g/mol. The molecule has 0 saturated heterocycles. The minimum atomic E-state index is -0.590. The maximum Gasteiger partial charge on any atom is 0.257 e. The van der Waals surface area contributed by atoms with Gasteiger partial charge in [0.25, 0.3) is 5.91 Å². The van der Waals surface area contributed by atoms with Crippen molar-refractivity contribution in [1.82, 2.24) is 4.98 Å². The van der Waals surface area contributed by atoms with Gasteiger partial charge in [-0.15, -0.1) is 0 Å². The van der Waals surface area contributed by atoms with E-state index in [1.165, 1.54) is 18.3 Å². The van der Waals surface area contributed by atoms with E-state index in [1.54, 1.807) is 18.2 Å². The Balaban J connectivity index is 2.16. The number of hydrogen-bond donors (Lipinski definition) is 2. The van der Waals surface area contributed by atoms with Crippen molar-refractivity contribution in [2.45, 2.75) is 6.92 Å². The summed E-state index contributed by atoms with van der Waals surface area (Å²) in [5.74, 6) is 3.99. The highest BCUT2D eigenvalue weighted by molar-refractivity contribution is 6.04. The molecule has 2 aromatic rings. The lowest BCUT2D eigenvalue weighted by molar-refractivity contribution is 0.102. The average Bonchev–Trinajstić information content (AvgIpc) is 2.48. The maximum atomic E-state index is 13.9. The van der Waals surface area contributed by atoms with Crippen LogP contribution in [0.25, 0.3) is 0 Å². The first-order valence-electron chi connectivity index (χ1n) is 6.23. The Hall–Kier alpha value is -2.71. The van der Waals surface area contributed by atoms with Crippen molar-refractivity contribution < 1.29 is 14.3 Å². The van der Waals surface area contributed by atoms with Crippen LogP contribution in [0.2, 0.25) is 0 Å². The normalized spacial score (nSPS) is 9.67. The van der Waals surface area contributed by atoms with Crippen LogP contribution < -0.4 is 5.32 Å². The van der Waals surface area contributed by atoms with Crippen LogP contribution in [0.5, 0.6) is 0 Å². The first-order valence-corrected chi connectivity index (χ1v) is 6.23. The second-order valence-corrected chi connectivity index (χ2v) is 4.30. The van der Waals surface area contributed by atoms with Gasteiger partial charge in [0.1, 0.15) is 12.4 Å². The van der Waals surface area contributed by atoms with Crippen molar-refractivity contribution in [2.24, 2.45) is 0 Å². The molecule has 0 unspecified atom stereocenters. The predicted octanol–water partition coefficient (Wildman–Crippen LogP) is 2.13. The van der Waals surface area contributed by atoms with Gasteiger partial charge in [0.2, 0.25) is 0 Å². The van der Waals surface area contributed by atoms with E-state index in [4.69, 9.17) is 5.11 Å². The molecule has 1 aromatic carbocycles. The van der Waals surface area contributed by atoms with E-state index < -0.39 is 11.7 Å². The van der Waals surface area contributed by atoms with Crippen LogP contribution in [0.1, 0.15) is 21.6 Å². The van der Waals surface area contributed by atoms with E-state index in [0.29, 0.717) is 11.1 Å². The summed E-state index contributed by atoms with van der Waals surface area (Å²) in [5, 5.41) is 11.1. The van der Waals surface area contributed by atoms with E-state index >= 15 is 0 Å². The number of aliphatic hydroxyl groups is 1. The fourth-order valence-electron chi connectivity index (χ4n) is 1.63. The second-order valence-electron chi connectivity index (χ2n) is 4.30. The molecule has 0 aliphatic rings. The van der Waals surface area contributed by atoms with Gasteiger partial charge in [0.15, 0.2) is 0 Å². The molecule has 2 N–H and O–H groups in total. The van der Waals surface area contributed by atoms with Crippen LogP contribution in [-0.2, 0) is 0 Å². The minimum absolute atomic E-state index is 0.0649. The third kappa shape index (κ3) is 3.88. The molecule has 0 atom stereocenters. The smallest absolute Gasteiger partial charge is 0.257 e. The zero-order valence-corrected chi connectivity index (χ0v) is 11.4. The predicted molar refractivity (Wildman–Crippen MR) is 77.3 cm³/mol. The van der Waals surface area contributed by atoms with Crippen LogP contribution in [0.3, 0.4) is 0 Å². The molecule has 5 heteroatoms. The van der Waals surface area contributed by atoms with E-state index in [-0.39, 0.29) is 12.3 Å². The molecule has 0 radical (unpaired) electrons. The van der Waals surface area contributed by atoms with Crippen LogP contribution in [0, 0.1) is 24.6 Å². The first kappa shape index (κ1) is 14.7. The number of nitrogens with zero attached hydrogens (tertiary/aromatic N) is 1. The summed E-state index contributed by atoms with van der Waals surface area (Å²) in [5.41, 5.74) is 1.64. The quantitative estimate of drug-likeness (QED) is 0.830. The molecule has 4 nitrogen and oxygen atoms in total. The van der Waals surface area contributed by atoms with Gasteiger partial charge in [-0.2, -0.15) is 0 Å². The number of rotatable bonds is 2. The third-order valence-electron chi connectivity index (χ3n) is 2.70. The number of carbonyl (C=O) groups is 1. The van der Waals surface area contributed by atoms with Crippen molar-refractivity contribution >= 4 is 11.6 Å². The van der Waals surface area contributed by atoms with Gasteiger partial charge in [-0.25, -0.2) is 4.39 Å². The zero-order valence-electron chi connectivity index (χ0n) is 11.4. The van der Waals surface area contributed by atoms with Crippen molar-refractivity contribution in [3.05, 3.63) is 59.2 Å². The van der Waals surface area contributed by atoms with Crippen molar-refractivity contribution in [1.29, 1.82) is 0 Å². The van der Waals surface area contributed by atoms with Gasteiger partial charge in [-0.05, 0) is 37.3 Å². The van der Waals surface area contributed by atoms with Gasteiger partial charge in [-0.1, -0.05) is 11.8 Å². The second kappa shape index (κ2) is 6.64. The van der Waals surface area contributed by atoms with Crippen LogP contribution in [0.15, 0.2) is 36.5 Å². The lowest BCUT2D eigenvalue weighted by Crippen LogP contribution is -2.13. The number of hydrogen-bond acceptors (Lipinski definition) is 3. The number of amides is 1. The standard InChI is InChI=1S/C16H13FN2O2/c1-11-4-6-13(10-18-11)16(21)19-15-7-5-12(3-2-8-20)9-14(15)17/h4-7,9-10,20H,8H2,1H3,(H,19,21). The fraction of sp³-hybridized carbons (Fsp3) is 0.125. The zero-order chi connectivity index (χ0) is 15.2. The van der Waals surface area contributed by atoms with E-state index in [1.807, 2.05) is 6.92 Å². The number of aryl methyl sites for hydroxylation is 1. The van der Waals surface area contributed by atoms with Gasteiger partial charge in [0.05, 0.1) is 11.3 Å². The Labute approximate surface area is 121 Å². The molecule has 1 amide bonds. The Kier molecular flexibility index (Phi) is 4.64. The van der Waals surface area contributed by atoms with Crippen molar-refractivity contribution in [2.75, 3.05) is 11.9 Å². The SMILES string of the molecule is Cc1ccc(C(=O)Nc2ccc(C#CCO)cc2F)cn1. The van der Waals surface area contributed by atoms with Crippen LogP contribution >= 0.6 is 0 Å². The summed E-state index contributed by atoms with van der Waals surface area (Å²) in [6.45, 7) is 1.52. The summed E-state index contributed by atoms with van der Waals surface area (Å²) >= 11 is 0. The molecule has 1 aromatic heterocycles. The molecule has 2 rings (SSSR count). The Morgan fingerprint density at radius 2 is 2.19 bits per heavy atom. The van der Waals surface area contributed by atoms with Crippen LogP contribution in [-0.4, -0.2) is 22.6 Å². The van der Waals surface area contributed by atoms with E-state index in [2.05, 4.69) is 22.1 Å². The molecule has 0 aliphatic heterocycles. The molecule has 0 saturated carbocycles. The molecule has 0 aliphatic carbocycles. The Morgan fingerprint density at radius 1 is 1.38 bits per heavy atom. The lowest BCUT2D eigenvalue weighted by atomic mass is 10.2. The van der Waals surface area contributed by atoms with E-state index in [9.17, 15) is 9.18 Å². The number of halogens is 1. The van der Waals surface area contributed by atoms with Crippen molar-refractivity contribution in [3.63, 3.8) is 0 Å². The number of aromatic nitrogens is 1. The molecule has 106 valence electrons. The van der Waals surface area contributed by atoms with Gasteiger partial charge < -0.3 is 10.4 Å². The summed E-state index contributed by atoms with van der Waals surface area (Å²) in [4.78, 5) is 16.0. The molecule has 21 heavy (non-hydrogen) atoms. The first-order chi connectivity index (χ1) is 10.1. The summed E-state index contributed by atoms with van der Waals surface area (Å²) in [7, 11) is 0. The summed E-state index contributed by atoms with van der Waals surface area (Å²) in [6, 6.07) is 7.52. The molecule has 1 heterocycles. The summed E-state index contributed by atoms with van der Waals surface area (Å²) in [6.07, 6.45) is 1.43. The highest BCUT2D eigenvalue weighted by atomic mass is 19.1. The lowest BCUT2D eigenvalue weighted by Gasteiger charge is -2.06. The number of pyridine rings is 1. The van der Waals surface area contributed by atoms with E-state index in [0.717, 1.165) is 5.69 Å². The topological polar surface area (TPSA) is 62.2 Å². The summed E-state index contributed by atoms with van der Waals surface area (Å²) < 4.78 is 13.9. The fourth-order valence-corrected chi connectivity index (χ4v) is 1.63. The van der Waals surface area contributed by atoms with Gasteiger partial charge in [-0.3, -0.25) is 9.78 Å². The molecular weight excluding hydrogens is 271 g/mol. The van der Waals surface area contributed by atoms with Crippen LogP contribution in [0.4, 0.5) is 10.1 Å². The van der Waals surface area contributed by atoms with Gasteiger partial charge in [0, 0.05) is 17.5 Å². The highest BCUT2D eigenvalue weighted by Gasteiger charge is 2.09. The van der Waals surface area contributed by atoms with Crippen molar-refractivity contribution in [3.8, 4) is 11.8 Å². The average molecular weight is 284 g/mol. The Bertz CT molecular complexity index is 715. The highest BCUT2D eigenvalue weighted by Crippen LogP contribution is 2.16. The Morgan fingerprint density at radius 3 is 2.81 bits per heavy atom. The molecule has 0 bridgehead atoms. The number of benzene rings is 1. The third-order valence-corrected chi connectivity index (χ3v) is 2.70. The number of carbonyl (C=O) groups excluding carboxylic acids is 1. The molecule has 0 fully saturated rings. The number of aliphatic hydroxyl groups excluding tert-OH is 1. The van der Waals surface area contributed by atoms with Gasteiger partial charge >= 0.3 is 0 Å². The number of anilines is 1. The largest absolute Gasteiger partial charge is 0.384 e. The number of nitrogens with one attached hydrogen (secondary N) is 1.